The van der Waals surface area contributed by atoms with Crippen LogP contribution in [0.2, 0.25) is 10.0 Å². The minimum absolute atomic E-state index is 0.0373. The second-order valence-corrected chi connectivity index (χ2v) is 8.18. The zero-order valence-electron chi connectivity index (χ0n) is 12.2. The van der Waals surface area contributed by atoms with E-state index >= 15 is 0 Å². The summed E-state index contributed by atoms with van der Waals surface area (Å²) in [4.78, 5) is 11.8. The second-order valence-electron chi connectivity index (χ2n) is 5.66. The Morgan fingerprint density at radius 3 is 2.33 bits per heavy atom. The minimum Gasteiger partial charge on any atom is -0.350 e. The van der Waals surface area contributed by atoms with Crippen LogP contribution in [0, 0.1) is 0 Å². The Morgan fingerprint density at radius 2 is 1.81 bits per heavy atom. The molecule has 0 aromatic heterocycles. The third-order valence-electron chi connectivity index (χ3n) is 2.41. The van der Waals surface area contributed by atoms with Gasteiger partial charge in [-0.2, -0.15) is 4.72 Å². The van der Waals surface area contributed by atoms with Crippen molar-refractivity contribution in [2.24, 2.45) is 0 Å². The summed E-state index contributed by atoms with van der Waals surface area (Å²) in [5.41, 5.74) is -0.454. The van der Waals surface area contributed by atoms with Gasteiger partial charge in [0, 0.05) is 10.6 Å². The van der Waals surface area contributed by atoms with Crippen molar-refractivity contribution in [3.05, 3.63) is 28.2 Å². The maximum absolute atomic E-state index is 12.3. The number of carbonyl (C=O) groups is 1. The predicted molar refractivity (Wildman–Crippen MR) is 84.1 cm³/mol. The Hall–Kier alpha value is -0.820. The van der Waals surface area contributed by atoms with E-state index in [0.29, 0.717) is 0 Å². The van der Waals surface area contributed by atoms with E-state index in [1.807, 2.05) is 0 Å². The molecule has 21 heavy (non-hydrogen) atoms. The summed E-state index contributed by atoms with van der Waals surface area (Å²) in [6.45, 7) is 6.87. The van der Waals surface area contributed by atoms with E-state index in [-0.39, 0.29) is 14.9 Å². The lowest BCUT2D eigenvalue weighted by Gasteiger charge is -2.23. The summed E-state index contributed by atoms with van der Waals surface area (Å²) in [6.07, 6.45) is 0. The zero-order valence-corrected chi connectivity index (χ0v) is 14.5. The average molecular weight is 353 g/mol. The fraction of sp³-hybridized carbons (Fsp3) is 0.462. The zero-order chi connectivity index (χ0) is 16.4. The third kappa shape index (κ3) is 5.47. The first-order chi connectivity index (χ1) is 9.42. The Labute approximate surface area is 135 Å². The standard InChI is InChI=1S/C13H18Cl2N2O3S/c1-8(12(18)16-13(2,3)4)17-21(19,20)11-7-9(14)5-6-10(11)15/h5-8,17H,1-4H3,(H,16,18). The van der Waals surface area contributed by atoms with E-state index in [1.165, 1.54) is 25.1 Å². The van der Waals surface area contributed by atoms with Crippen LogP contribution in [-0.2, 0) is 14.8 Å². The largest absolute Gasteiger partial charge is 0.350 e. The Kier molecular flexibility index (Phi) is 5.66. The van der Waals surface area contributed by atoms with Gasteiger partial charge in [0.15, 0.2) is 0 Å². The molecule has 5 nitrogen and oxygen atoms in total. The van der Waals surface area contributed by atoms with Gasteiger partial charge in [0.25, 0.3) is 0 Å². The van der Waals surface area contributed by atoms with E-state index in [1.54, 1.807) is 20.8 Å². The molecule has 1 amide bonds. The Balaban J connectivity index is 2.95. The van der Waals surface area contributed by atoms with E-state index in [9.17, 15) is 13.2 Å². The Bertz CT molecular complexity index is 639. The quantitative estimate of drug-likeness (QED) is 0.874. The van der Waals surface area contributed by atoms with E-state index < -0.39 is 27.5 Å². The lowest BCUT2D eigenvalue weighted by Crippen LogP contribution is -2.50. The molecule has 1 aromatic carbocycles. The molecule has 1 atom stereocenters. The maximum Gasteiger partial charge on any atom is 0.242 e. The summed E-state index contributed by atoms with van der Waals surface area (Å²) in [5, 5.41) is 2.97. The molecule has 0 aliphatic carbocycles. The number of hydrogen-bond acceptors (Lipinski definition) is 3. The van der Waals surface area contributed by atoms with Crippen LogP contribution in [0.1, 0.15) is 27.7 Å². The van der Waals surface area contributed by atoms with Crippen molar-refractivity contribution >= 4 is 39.1 Å². The second kappa shape index (κ2) is 6.52. The molecule has 0 saturated heterocycles. The van der Waals surface area contributed by atoms with Crippen LogP contribution in [0.15, 0.2) is 23.1 Å². The number of carbonyl (C=O) groups excluding carboxylic acids is 1. The summed E-state index contributed by atoms with van der Waals surface area (Å²) in [7, 11) is -3.94. The van der Waals surface area contributed by atoms with Gasteiger partial charge in [-0.15, -0.1) is 0 Å². The highest BCUT2D eigenvalue weighted by Gasteiger charge is 2.26. The molecule has 1 rings (SSSR count). The number of sulfonamides is 1. The molecular weight excluding hydrogens is 335 g/mol. The number of amides is 1. The molecule has 2 N–H and O–H groups in total. The molecule has 0 heterocycles. The molecule has 0 bridgehead atoms. The van der Waals surface area contributed by atoms with Crippen molar-refractivity contribution in [3.8, 4) is 0 Å². The van der Waals surface area contributed by atoms with Gasteiger partial charge in [0.05, 0.1) is 11.1 Å². The van der Waals surface area contributed by atoms with Crippen LogP contribution in [0.4, 0.5) is 0 Å². The van der Waals surface area contributed by atoms with Crippen LogP contribution < -0.4 is 10.0 Å². The minimum atomic E-state index is -3.94. The van der Waals surface area contributed by atoms with Crippen molar-refractivity contribution < 1.29 is 13.2 Å². The van der Waals surface area contributed by atoms with Crippen molar-refractivity contribution in [2.75, 3.05) is 0 Å². The molecular formula is C13H18Cl2N2O3S. The van der Waals surface area contributed by atoms with Crippen LogP contribution >= 0.6 is 23.2 Å². The van der Waals surface area contributed by atoms with Crippen molar-refractivity contribution in [1.29, 1.82) is 0 Å². The van der Waals surface area contributed by atoms with Crippen LogP contribution in [0.3, 0.4) is 0 Å². The highest BCUT2D eigenvalue weighted by atomic mass is 35.5. The van der Waals surface area contributed by atoms with Gasteiger partial charge < -0.3 is 5.32 Å². The fourth-order valence-electron chi connectivity index (χ4n) is 1.51. The monoisotopic (exact) mass is 352 g/mol. The van der Waals surface area contributed by atoms with Crippen molar-refractivity contribution in [2.45, 2.75) is 44.2 Å². The van der Waals surface area contributed by atoms with Gasteiger partial charge in [0.2, 0.25) is 15.9 Å². The molecule has 0 saturated carbocycles. The maximum atomic E-state index is 12.3. The number of benzene rings is 1. The molecule has 0 radical (unpaired) electrons. The van der Waals surface area contributed by atoms with Gasteiger partial charge in [-0.25, -0.2) is 8.42 Å². The summed E-state index contributed by atoms with van der Waals surface area (Å²) in [5.74, 6) is -0.427. The van der Waals surface area contributed by atoms with Crippen molar-refractivity contribution in [3.63, 3.8) is 0 Å². The van der Waals surface area contributed by atoms with Crippen LogP contribution in [0.5, 0.6) is 0 Å². The number of nitrogens with one attached hydrogen (secondary N) is 2. The normalized spacial score (nSPS) is 13.8. The van der Waals surface area contributed by atoms with Gasteiger partial charge in [-0.05, 0) is 45.9 Å². The van der Waals surface area contributed by atoms with Gasteiger partial charge >= 0.3 is 0 Å². The first-order valence-corrected chi connectivity index (χ1v) is 8.46. The number of halogens is 2. The molecule has 8 heteroatoms. The summed E-state index contributed by atoms with van der Waals surface area (Å²) in [6, 6.07) is 3.17. The molecule has 0 spiro atoms. The predicted octanol–water partition coefficient (Wildman–Crippen LogP) is 2.57. The lowest BCUT2D eigenvalue weighted by molar-refractivity contribution is -0.123. The highest BCUT2D eigenvalue weighted by molar-refractivity contribution is 7.89. The molecule has 0 fully saturated rings. The first kappa shape index (κ1) is 18.2. The molecule has 0 aliphatic rings. The average Bonchev–Trinajstić information content (AvgIpc) is 2.29. The van der Waals surface area contributed by atoms with E-state index in [4.69, 9.17) is 23.2 Å². The molecule has 0 aliphatic heterocycles. The lowest BCUT2D eigenvalue weighted by atomic mass is 10.1. The topological polar surface area (TPSA) is 75.3 Å². The van der Waals surface area contributed by atoms with Gasteiger partial charge in [-0.3, -0.25) is 4.79 Å². The first-order valence-electron chi connectivity index (χ1n) is 6.22. The van der Waals surface area contributed by atoms with Crippen LogP contribution in [-0.4, -0.2) is 25.9 Å². The highest BCUT2D eigenvalue weighted by Crippen LogP contribution is 2.25. The SMILES string of the molecule is CC(NS(=O)(=O)c1cc(Cl)ccc1Cl)C(=O)NC(C)(C)C. The summed E-state index contributed by atoms with van der Waals surface area (Å²) < 4.78 is 26.8. The van der Waals surface area contributed by atoms with E-state index in [2.05, 4.69) is 10.0 Å². The van der Waals surface area contributed by atoms with E-state index in [0.717, 1.165) is 0 Å². The van der Waals surface area contributed by atoms with Crippen molar-refractivity contribution in [1.82, 2.24) is 10.0 Å². The third-order valence-corrected chi connectivity index (χ3v) is 4.66. The smallest absolute Gasteiger partial charge is 0.242 e. The Morgan fingerprint density at radius 1 is 1.24 bits per heavy atom. The van der Waals surface area contributed by atoms with Gasteiger partial charge in [-0.1, -0.05) is 23.2 Å². The number of hydrogen-bond donors (Lipinski definition) is 2. The van der Waals surface area contributed by atoms with Gasteiger partial charge in [0.1, 0.15) is 4.90 Å². The number of rotatable bonds is 4. The van der Waals surface area contributed by atoms with Crippen LogP contribution in [0.25, 0.3) is 0 Å². The molecule has 1 aromatic rings. The molecule has 1 unspecified atom stereocenters. The summed E-state index contributed by atoms with van der Waals surface area (Å²) >= 11 is 11.7. The molecule has 118 valence electrons. The fourth-order valence-corrected chi connectivity index (χ4v) is 3.48.